The Labute approximate surface area is 211 Å². The van der Waals surface area contributed by atoms with Crippen LogP contribution in [0.2, 0.25) is 0 Å². The molecule has 190 valence electrons. The van der Waals surface area contributed by atoms with Gasteiger partial charge in [-0.05, 0) is 89.9 Å². The number of rotatable bonds is 6. The van der Waals surface area contributed by atoms with Gasteiger partial charge in [-0.3, -0.25) is 0 Å². The average molecular weight is 494 g/mol. The van der Waals surface area contributed by atoms with Gasteiger partial charge in [0.25, 0.3) is 0 Å². The van der Waals surface area contributed by atoms with E-state index in [1.165, 1.54) is 24.5 Å². The van der Waals surface area contributed by atoms with Gasteiger partial charge in [-0.2, -0.15) is 0 Å². The van der Waals surface area contributed by atoms with Gasteiger partial charge in [0, 0.05) is 17.8 Å². The van der Waals surface area contributed by atoms with Crippen molar-refractivity contribution in [2.45, 2.75) is 52.2 Å². The first-order chi connectivity index (χ1) is 17.3. The number of likely N-dealkylation sites (tertiary alicyclic amines) is 1. The summed E-state index contributed by atoms with van der Waals surface area (Å²) >= 11 is 0. The third-order valence-corrected chi connectivity index (χ3v) is 7.12. The molecule has 3 aromatic rings. The van der Waals surface area contributed by atoms with Crippen LogP contribution in [0, 0.1) is 17.6 Å². The minimum absolute atomic E-state index is 0.0383. The van der Waals surface area contributed by atoms with Crippen LogP contribution >= 0.6 is 0 Å². The number of aromatic nitrogens is 3. The number of anilines is 4. The highest BCUT2D eigenvalue weighted by atomic mass is 19.1. The van der Waals surface area contributed by atoms with Crippen LogP contribution in [0.15, 0.2) is 36.7 Å². The molecule has 0 radical (unpaired) electrons. The highest BCUT2D eigenvalue weighted by Crippen LogP contribution is 2.41. The molecule has 2 aromatic heterocycles. The third kappa shape index (κ3) is 4.97. The summed E-state index contributed by atoms with van der Waals surface area (Å²) in [5.41, 5.74) is 2.72. The minimum atomic E-state index is -0.614. The molecule has 0 bridgehead atoms. The molecular weight excluding hydrogens is 460 g/mol. The lowest BCUT2D eigenvalue weighted by Crippen LogP contribution is -2.38. The Hall–Kier alpha value is -3.33. The van der Waals surface area contributed by atoms with E-state index >= 15 is 0 Å². The van der Waals surface area contributed by atoms with Gasteiger partial charge in [0.2, 0.25) is 5.95 Å². The van der Waals surface area contributed by atoms with Gasteiger partial charge in [-0.15, -0.1) is 0 Å². The molecule has 1 aromatic carbocycles. The highest BCUT2D eigenvalue weighted by molar-refractivity contribution is 5.82. The van der Waals surface area contributed by atoms with Crippen LogP contribution < -0.4 is 15.5 Å². The summed E-state index contributed by atoms with van der Waals surface area (Å²) in [5, 5.41) is 6.22. The van der Waals surface area contributed by atoms with Crippen LogP contribution in [0.5, 0.6) is 0 Å². The summed E-state index contributed by atoms with van der Waals surface area (Å²) in [6, 6.07) is 7.18. The molecule has 0 aliphatic carbocycles. The number of halogens is 2. The molecule has 0 saturated carbocycles. The number of piperidine rings is 1. The summed E-state index contributed by atoms with van der Waals surface area (Å²) in [5.74, 6) is 0.407. The molecule has 0 amide bonds. The van der Waals surface area contributed by atoms with Gasteiger partial charge in [0.1, 0.15) is 17.3 Å². The molecule has 1 atom stereocenters. The van der Waals surface area contributed by atoms with E-state index in [1.54, 1.807) is 6.07 Å². The lowest BCUT2D eigenvalue weighted by Gasteiger charge is -2.28. The van der Waals surface area contributed by atoms with E-state index in [0.717, 1.165) is 25.7 Å². The normalized spacial score (nSPS) is 18.4. The zero-order chi connectivity index (χ0) is 25.4. The zero-order valence-corrected chi connectivity index (χ0v) is 21.2. The summed E-state index contributed by atoms with van der Waals surface area (Å²) in [6.07, 6.45) is 6.33. The summed E-state index contributed by atoms with van der Waals surface area (Å²) in [6.45, 7) is 8.33. The van der Waals surface area contributed by atoms with Crippen LogP contribution in [0.25, 0.3) is 11.3 Å². The quantitative estimate of drug-likeness (QED) is 0.474. The number of nitrogens with zero attached hydrogens (tertiary/aromatic N) is 5. The largest absolute Gasteiger partial charge is 0.361 e. The first kappa shape index (κ1) is 24.4. The number of fused-ring (bicyclic) bond motifs is 1. The number of pyridine rings is 1. The molecule has 0 spiro atoms. The van der Waals surface area contributed by atoms with Crippen molar-refractivity contribution in [2.24, 2.45) is 5.92 Å². The Bertz CT molecular complexity index is 1220. The van der Waals surface area contributed by atoms with Gasteiger partial charge in [0.05, 0.1) is 23.7 Å². The summed E-state index contributed by atoms with van der Waals surface area (Å²) in [4.78, 5) is 17.4. The number of nitrogens with one attached hydrogen (secondary N) is 2. The van der Waals surface area contributed by atoms with Crippen LogP contribution in [-0.2, 0) is 6.42 Å². The SMILES string of the molecule is CC(C)N1c2cc(-c3nc(Nc4ccc(CC5CCN(C)CC5)cn4)ncc3F)cc(F)c2NC1C. The number of hydrogen-bond acceptors (Lipinski definition) is 7. The van der Waals surface area contributed by atoms with E-state index < -0.39 is 11.6 Å². The number of benzene rings is 1. The first-order valence-corrected chi connectivity index (χ1v) is 12.6. The first-order valence-electron chi connectivity index (χ1n) is 12.6. The maximum absolute atomic E-state index is 15.0. The molecular formula is C27H33F2N7. The van der Waals surface area contributed by atoms with Crippen molar-refractivity contribution >= 4 is 23.1 Å². The van der Waals surface area contributed by atoms with Crippen LogP contribution in [0.3, 0.4) is 0 Å². The molecule has 7 nitrogen and oxygen atoms in total. The van der Waals surface area contributed by atoms with E-state index in [0.29, 0.717) is 28.7 Å². The average Bonchev–Trinajstić information content (AvgIpc) is 3.19. The van der Waals surface area contributed by atoms with Gasteiger partial charge < -0.3 is 20.4 Å². The second kappa shape index (κ2) is 9.97. The van der Waals surface area contributed by atoms with Crippen molar-refractivity contribution in [3.8, 4) is 11.3 Å². The van der Waals surface area contributed by atoms with Crippen LogP contribution in [0.4, 0.5) is 31.9 Å². The Morgan fingerprint density at radius 3 is 2.56 bits per heavy atom. The Kier molecular flexibility index (Phi) is 6.75. The van der Waals surface area contributed by atoms with Gasteiger partial charge in [0.15, 0.2) is 5.82 Å². The standard InChI is InChI=1S/C27H33F2N7/c1-16(2)36-17(3)32-26-21(28)12-20(13-23(26)36)25-22(29)15-31-27(34-25)33-24-6-5-19(14-30-24)11-18-7-9-35(4)10-8-18/h5-6,12-18,32H,7-11H2,1-4H3,(H,30,31,33,34). The number of hydrogen-bond donors (Lipinski definition) is 2. The fourth-order valence-electron chi connectivity index (χ4n) is 5.25. The molecule has 1 saturated heterocycles. The summed E-state index contributed by atoms with van der Waals surface area (Å²) < 4.78 is 29.8. The van der Waals surface area contributed by atoms with Crippen molar-refractivity contribution in [1.29, 1.82) is 0 Å². The van der Waals surface area contributed by atoms with Gasteiger partial charge in [-0.25, -0.2) is 23.7 Å². The van der Waals surface area contributed by atoms with Gasteiger partial charge >= 0.3 is 0 Å². The fraction of sp³-hybridized carbons (Fsp3) is 0.444. The molecule has 2 aliphatic heterocycles. The second-order valence-electron chi connectivity index (χ2n) is 10.2. The Morgan fingerprint density at radius 1 is 1.08 bits per heavy atom. The second-order valence-corrected chi connectivity index (χ2v) is 10.2. The van der Waals surface area contributed by atoms with Crippen LogP contribution in [0.1, 0.15) is 39.2 Å². The molecule has 5 rings (SSSR count). The van der Waals surface area contributed by atoms with E-state index in [4.69, 9.17) is 0 Å². The minimum Gasteiger partial charge on any atom is -0.361 e. The molecule has 1 unspecified atom stereocenters. The summed E-state index contributed by atoms with van der Waals surface area (Å²) in [7, 11) is 2.17. The lowest BCUT2D eigenvalue weighted by molar-refractivity contribution is 0.219. The van der Waals surface area contributed by atoms with Gasteiger partial charge in [-0.1, -0.05) is 6.07 Å². The van der Waals surface area contributed by atoms with E-state index in [2.05, 4.69) is 48.5 Å². The van der Waals surface area contributed by atoms with E-state index in [1.807, 2.05) is 33.0 Å². The highest BCUT2D eigenvalue weighted by Gasteiger charge is 2.31. The molecule has 2 aliphatic rings. The fourth-order valence-corrected chi connectivity index (χ4v) is 5.25. The van der Waals surface area contributed by atoms with Crippen molar-refractivity contribution in [1.82, 2.24) is 19.9 Å². The Morgan fingerprint density at radius 2 is 1.86 bits per heavy atom. The molecule has 36 heavy (non-hydrogen) atoms. The maximum atomic E-state index is 15.0. The van der Waals surface area contributed by atoms with Crippen molar-refractivity contribution in [3.63, 3.8) is 0 Å². The monoisotopic (exact) mass is 493 g/mol. The molecule has 9 heteroatoms. The molecule has 4 heterocycles. The van der Waals surface area contributed by atoms with Crippen molar-refractivity contribution < 1.29 is 8.78 Å². The van der Waals surface area contributed by atoms with E-state index in [9.17, 15) is 8.78 Å². The predicted octanol–water partition coefficient (Wildman–Crippen LogP) is 5.43. The van der Waals surface area contributed by atoms with Crippen molar-refractivity contribution in [2.75, 3.05) is 35.7 Å². The lowest BCUT2D eigenvalue weighted by atomic mass is 9.91. The zero-order valence-electron chi connectivity index (χ0n) is 21.2. The molecule has 1 fully saturated rings. The van der Waals surface area contributed by atoms with Crippen molar-refractivity contribution in [3.05, 3.63) is 53.9 Å². The smallest absolute Gasteiger partial charge is 0.229 e. The topological polar surface area (TPSA) is 69.2 Å². The van der Waals surface area contributed by atoms with Crippen LogP contribution in [-0.4, -0.2) is 52.2 Å². The Balaban J connectivity index is 1.34. The maximum Gasteiger partial charge on any atom is 0.229 e. The third-order valence-electron chi connectivity index (χ3n) is 7.12. The van der Waals surface area contributed by atoms with E-state index in [-0.39, 0.29) is 23.8 Å². The molecule has 2 N–H and O–H groups in total. The predicted molar refractivity (Wildman–Crippen MR) is 140 cm³/mol.